The highest BCUT2D eigenvalue weighted by molar-refractivity contribution is 7.14. The van der Waals surface area contributed by atoms with Crippen molar-refractivity contribution in [3.05, 3.63) is 21.4 Å². The molecular weight excluding hydrogens is 270 g/mol. The molecule has 1 heterocycles. The number of rotatable bonds is 5. The molecule has 20 heavy (non-hydrogen) atoms. The van der Waals surface area contributed by atoms with E-state index in [9.17, 15) is 4.79 Å². The number of thiophene rings is 1. The molecule has 0 aliphatic heterocycles. The first-order valence-corrected chi connectivity index (χ1v) is 7.80. The van der Waals surface area contributed by atoms with Crippen LogP contribution in [0.5, 0.6) is 0 Å². The van der Waals surface area contributed by atoms with Gasteiger partial charge in [-0.15, -0.1) is 11.3 Å². The van der Waals surface area contributed by atoms with Crippen molar-refractivity contribution >= 4 is 17.2 Å². The summed E-state index contributed by atoms with van der Waals surface area (Å²) in [7, 11) is 1.86. The van der Waals surface area contributed by atoms with Crippen molar-refractivity contribution in [3.63, 3.8) is 0 Å². The number of aliphatic hydroxyl groups is 1. The molecule has 0 saturated heterocycles. The zero-order chi connectivity index (χ0) is 15.1. The predicted molar refractivity (Wildman–Crippen MR) is 84.1 cm³/mol. The van der Waals surface area contributed by atoms with Crippen LogP contribution in [0.1, 0.15) is 53.2 Å². The van der Waals surface area contributed by atoms with E-state index >= 15 is 0 Å². The lowest BCUT2D eigenvalue weighted by molar-refractivity contribution is 0.0741. The second-order valence-electron chi connectivity index (χ2n) is 4.95. The monoisotopic (exact) mass is 293 g/mol. The Hall–Kier alpha value is -1.31. The maximum Gasteiger partial charge on any atom is 0.263 e. The van der Waals surface area contributed by atoms with Crippen molar-refractivity contribution in [3.8, 4) is 11.8 Å². The second-order valence-corrected chi connectivity index (χ2v) is 6.00. The summed E-state index contributed by atoms with van der Waals surface area (Å²) >= 11 is 1.44. The Kier molecular flexibility index (Phi) is 6.77. The van der Waals surface area contributed by atoms with E-state index in [0.29, 0.717) is 6.42 Å². The number of carbonyl (C=O) groups excluding carboxylic acids is 1. The van der Waals surface area contributed by atoms with Crippen LogP contribution >= 0.6 is 11.3 Å². The smallest absolute Gasteiger partial charge is 0.263 e. The van der Waals surface area contributed by atoms with Crippen LogP contribution in [0.3, 0.4) is 0 Å². The summed E-state index contributed by atoms with van der Waals surface area (Å²) in [6.45, 7) is 6.23. The number of carbonyl (C=O) groups is 1. The number of hydrogen-bond acceptors (Lipinski definition) is 3. The van der Waals surface area contributed by atoms with Gasteiger partial charge < -0.3 is 10.0 Å². The van der Waals surface area contributed by atoms with Crippen molar-refractivity contribution in [2.24, 2.45) is 0 Å². The Labute approximate surface area is 125 Å². The molecule has 1 atom stereocenters. The molecule has 110 valence electrons. The van der Waals surface area contributed by atoms with E-state index in [4.69, 9.17) is 5.11 Å². The third kappa shape index (κ3) is 4.36. The van der Waals surface area contributed by atoms with Crippen LogP contribution in [0, 0.1) is 18.8 Å². The van der Waals surface area contributed by atoms with Crippen LogP contribution in [0.25, 0.3) is 0 Å². The molecule has 1 amide bonds. The van der Waals surface area contributed by atoms with Gasteiger partial charge in [-0.2, -0.15) is 0 Å². The van der Waals surface area contributed by atoms with Crippen molar-refractivity contribution in [1.29, 1.82) is 0 Å². The Morgan fingerprint density at radius 1 is 1.55 bits per heavy atom. The first kappa shape index (κ1) is 16.7. The fourth-order valence-corrected chi connectivity index (χ4v) is 2.93. The maximum atomic E-state index is 12.4. The lowest BCUT2D eigenvalue weighted by Crippen LogP contribution is -2.34. The molecule has 0 aromatic carbocycles. The van der Waals surface area contributed by atoms with E-state index in [2.05, 4.69) is 25.7 Å². The summed E-state index contributed by atoms with van der Waals surface area (Å²) < 4.78 is 0. The fourth-order valence-electron chi connectivity index (χ4n) is 1.90. The Morgan fingerprint density at radius 2 is 2.25 bits per heavy atom. The molecule has 3 nitrogen and oxygen atoms in total. The molecule has 0 aliphatic rings. The van der Waals surface area contributed by atoms with Crippen LogP contribution in [0.2, 0.25) is 0 Å². The second kappa shape index (κ2) is 8.08. The lowest BCUT2D eigenvalue weighted by atomic mass is 10.1. The highest BCUT2D eigenvalue weighted by Gasteiger charge is 2.19. The summed E-state index contributed by atoms with van der Waals surface area (Å²) in [5, 5.41) is 8.73. The topological polar surface area (TPSA) is 40.5 Å². The highest BCUT2D eigenvalue weighted by atomic mass is 32.1. The fraction of sp³-hybridized carbons (Fsp3) is 0.562. The quantitative estimate of drug-likeness (QED) is 0.848. The number of hydrogen-bond donors (Lipinski definition) is 1. The van der Waals surface area contributed by atoms with Crippen LogP contribution in [0.4, 0.5) is 0 Å². The third-order valence-corrected chi connectivity index (χ3v) is 4.40. The van der Waals surface area contributed by atoms with E-state index in [1.165, 1.54) is 11.3 Å². The molecule has 4 heteroatoms. The number of aryl methyl sites for hydroxylation is 1. The molecule has 0 fully saturated rings. The molecule has 0 saturated carbocycles. The van der Waals surface area contributed by atoms with Crippen LogP contribution in [-0.4, -0.2) is 35.6 Å². The Bertz CT molecular complexity index is 510. The van der Waals surface area contributed by atoms with Gasteiger partial charge in [0.25, 0.3) is 5.91 Å². The molecule has 0 bridgehead atoms. The van der Waals surface area contributed by atoms with Gasteiger partial charge in [0.05, 0.1) is 16.4 Å². The minimum Gasteiger partial charge on any atom is -0.395 e. The predicted octanol–water partition coefficient (Wildman–Crippen LogP) is 3.05. The molecule has 1 N–H and O–H groups in total. The van der Waals surface area contributed by atoms with Crippen molar-refractivity contribution < 1.29 is 9.90 Å². The molecule has 1 aromatic heterocycles. The van der Waals surface area contributed by atoms with Crippen LogP contribution in [-0.2, 0) is 0 Å². The molecule has 1 rings (SSSR count). The standard InChI is InChI=1S/C16H23NO2S/c1-5-8-13(3)17(4)16(19)15-11-12(2)14(20-15)9-6-7-10-18/h11,13,18H,5,7-8,10H2,1-4H3. The zero-order valence-electron chi connectivity index (χ0n) is 12.7. The van der Waals surface area contributed by atoms with E-state index in [1.807, 2.05) is 20.0 Å². The zero-order valence-corrected chi connectivity index (χ0v) is 13.5. The van der Waals surface area contributed by atoms with Crippen molar-refractivity contribution in [1.82, 2.24) is 4.90 Å². The van der Waals surface area contributed by atoms with Crippen molar-refractivity contribution in [2.75, 3.05) is 13.7 Å². The highest BCUT2D eigenvalue weighted by Crippen LogP contribution is 2.23. The normalized spacial score (nSPS) is 11.7. The SMILES string of the molecule is CCCC(C)N(C)C(=O)c1cc(C)c(C#CCCO)s1. The van der Waals surface area contributed by atoms with E-state index in [0.717, 1.165) is 28.2 Å². The van der Waals surface area contributed by atoms with E-state index in [-0.39, 0.29) is 18.6 Å². The van der Waals surface area contributed by atoms with Crippen LogP contribution in [0.15, 0.2) is 6.07 Å². The van der Waals surface area contributed by atoms with Gasteiger partial charge >= 0.3 is 0 Å². The van der Waals surface area contributed by atoms with Crippen molar-refractivity contribution in [2.45, 2.75) is 46.1 Å². The number of nitrogens with zero attached hydrogens (tertiary/aromatic N) is 1. The first-order chi connectivity index (χ1) is 9.51. The van der Waals surface area contributed by atoms with Gasteiger partial charge in [0, 0.05) is 19.5 Å². The van der Waals surface area contributed by atoms with Gasteiger partial charge in [0.1, 0.15) is 0 Å². The lowest BCUT2D eigenvalue weighted by Gasteiger charge is -2.23. The van der Waals surface area contributed by atoms with Crippen LogP contribution < -0.4 is 0 Å². The van der Waals surface area contributed by atoms with Gasteiger partial charge in [-0.05, 0) is 31.9 Å². The van der Waals surface area contributed by atoms with Gasteiger partial charge in [0.2, 0.25) is 0 Å². The summed E-state index contributed by atoms with van der Waals surface area (Å²) in [6.07, 6.45) is 2.55. The Balaban J connectivity index is 2.85. The molecule has 0 spiro atoms. The minimum absolute atomic E-state index is 0.0641. The largest absolute Gasteiger partial charge is 0.395 e. The summed E-state index contributed by atoms with van der Waals surface area (Å²) in [5.74, 6) is 5.99. The first-order valence-electron chi connectivity index (χ1n) is 6.98. The average molecular weight is 293 g/mol. The summed E-state index contributed by atoms with van der Waals surface area (Å²) in [5.41, 5.74) is 1.03. The minimum atomic E-state index is 0.0641. The molecule has 0 radical (unpaired) electrons. The van der Waals surface area contributed by atoms with Gasteiger partial charge in [0.15, 0.2) is 0 Å². The van der Waals surface area contributed by atoms with E-state index < -0.39 is 0 Å². The maximum absolute atomic E-state index is 12.4. The van der Waals surface area contributed by atoms with Gasteiger partial charge in [-0.3, -0.25) is 4.79 Å². The third-order valence-electron chi connectivity index (χ3n) is 3.26. The van der Waals surface area contributed by atoms with E-state index in [1.54, 1.807) is 4.90 Å². The summed E-state index contributed by atoms with van der Waals surface area (Å²) in [4.78, 5) is 15.9. The molecule has 0 aliphatic carbocycles. The number of aliphatic hydroxyl groups excluding tert-OH is 1. The average Bonchev–Trinajstić information content (AvgIpc) is 2.79. The van der Waals surface area contributed by atoms with Gasteiger partial charge in [-0.1, -0.05) is 25.2 Å². The molecule has 1 unspecified atom stereocenters. The molecule has 1 aromatic rings. The molecular formula is C16H23NO2S. The number of amides is 1. The Morgan fingerprint density at radius 3 is 2.85 bits per heavy atom. The summed E-state index contributed by atoms with van der Waals surface area (Å²) in [6, 6.07) is 2.16. The van der Waals surface area contributed by atoms with Gasteiger partial charge in [-0.25, -0.2) is 0 Å².